The fourth-order valence-electron chi connectivity index (χ4n) is 3.85. The first-order valence-corrected chi connectivity index (χ1v) is 8.14. The number of nitrogens with zero attached hydrogens (tertiary/aromatic N) is 2. The van der Waals surface area contributed by atoms with Gasteiger partial charge in [0.1, 0.15) is 5.82 Å². The smallest absolute Gasteiger partial charge is 0.321 e. The zero-order valence-electron chi connectivity index (χ0n) is 13.9. The van der Waals surface area contributed by atoms with Crippen LogP contribution in [0.1, 0.15) is 19.3 Å². The first-order chi connectivity index (χ1) is 11.8. The molecule has 25 heavy (non-hydrogen) atoms. The zero-order valence-corrected chi connectivity index (χ0v) is 13.9. The average Bonchev–Trinajstić information content (AvgIpc) is 2.81. The van der Waals surface area contributed by atoms with Gasteiger partial charge in [0.05, 0.1) is 11.5 Å². The normalized spacial score (nSPS) is 22.3. The largest absolute Gasteiger partial charge is 0.481 e. The lowest BCUT2D eigenvalue weighted by atomic mass is 9.77. The number of aliphatic carboxylic acids is 1. The molecule has 3 rings (SSSR count). The van der Waals surface area contributed by atoms with Gasteiger partial charge < -0.3 is 20.2 Å². The van der Waals surface area contributed by atoms with E-state index in [1.165, 1.54) is 23.1 Å². The van der Waals surface area contributed by atoms with Gasteiger partial charge in [0.15, 0.2) is 0 Å². The van der Waals surface area contributed by atoms with Crippen LogP contribution in [0.4, 0.5) is 14.9 Å². The van der Waals surface area contributed by atoms with Crippen LogP contribution in [0.25, 0.3) is 0 Å². The molecule has 3 amide bonds. The lowest BCUT2D eigenvalue weighted by molar-refractivity contribution is -0.145. The van der Waals surface area contributed by atoms with Crippen LogP contribution in [0.2, 0.25) is 0 Å². The minimum atomic E-state index is -0.977. The number of likely N-dealkylation sites (tertiary alicyclic amines) is 2. The fourth-order valence-corrected chi connectivity index (χ4v) is 3.85. The molecule has 7 nitrogen and oxygen atoms in total. The summed E-state index contributed by atoms with van der Waals surface area (Å²) in [4.78, 5) is 39.0. The number of amides is 3. The van der Waals surface area contributed by atoms with Gasteiger partial charge in [0.2, 0.25) is 5.91 Å². The zero-order chi connectivity index (χ0) is 18.2. The minimum absolute atomic E-state index is 0.00131. The Morgan fingerprint density at radius 3 is 2.60 bits per heavy atom. The third kappa shape index (κ3) is 3.04. The van der Waals surface area contributed by atoms with Crippen LogP contribution in [0.15, 0.2) is 24.3 Å². The molecule has 1 aromatic carbocycles. The molecule has 2 N–H and O–H groups in total. The highest BCUT2D eigenvalue weighted by atomic mass is 19.1. The summed E-state index contributed by atoms with van der Waals surface area (Å²) < 4.78 is 13.2. The number of halogens is 1. The summed E-state index contributed by atoms with van der Waals surface area (Å²) in [5.74, 6) is -2.34. The lowest BCUT2D eigenvalue weighted by Gasteiger charge is -2.45. The number of carbonyl (C=O) groups is 3. The van der Waals surface area contributed by atoms with Gasteiger partial charge in [-0.1, -0.05) is 6.07 Å². The summed E-state index contributed by atoms with van der Waals surface area (Å²) in [7, 11) is 1.63. The van der Waals surface area contributed by atoms with Crippen molar-refractivity contribution in [2.24, 2.45) is 5.92 Å². The quantitative estimate of drug-likeness (QED) is 0.851. The maximum atomic E-state index is 13.2. The molecule has 0 aliphatic carbocycles. The molecule has 0 aromatic heterocycles. The predicted molar refractivity (Wildman–Crippen MR) is 87.5 cm³/mol. The maximum absolute atomic E-state index is 13.2. The molecule has 2 aliphatic rings. The predicted octanol–water partition coefficient (Wildman–Crippen LogP) is 1.76. The number of carboxylic acid groups (broad SMARTS) is 1. The number of rotatable bonds is 2. The van der Waals surface area contributed by atoms with Crippen molar-refractivity contribution >= 4 is 23.6 Å². The summed E-state index contributed by atoms with van der Waals surface area (Å²) in [6.07, 6.45) is 0.812. The van der Waals surface area contributed by atoms with Crippen molar-refractivity contribution in [2.45, 2.75) is 24.8 Å². The van der Waals surface area contributed by atoms with E-state index in [4.69, 9.17) is 0 Å². The summed E-state index contributed by atoms with van der Waals surface area (Å²) in [6, 6.07) is 5.26. The van der Waals surface area contributed by atoms with Crippen molar-refractivity contribution in [3.05, 3.63) is 30.1 Å². The Hall–Kier alpha value is -2.64. The Morgan fingerprint density at radius 2 is 2.00 bits per heavy atom. The van der Waals surface area contributed by atoms with E-state index in [-0.39, 0.29) is 18.4 Å². The second-order valence-corrected chi connectivity index (χ2v) is 6.58. The number of hydrogen-bond acceptors (Lipinski definition) is 3. The van der Waals surface area contributed by atoms with E-state index in [0.717, 1.165) is 0 Å². The van der Waals surface area contributed by atoms with Crippen molar-refractivity contribution in [1.29, 1.82) is 0 Å². The standard InChI is InChI=1S/C17H20FN3O4/c1-20-14(22)10-13(15(23)24)17(20)5-7-21(8-6-17)16(25)19-12-4-2-3-11(18)9-12/h2-4,9,13H,5-8,10H2,1H3,(H,19,25)(H,23,24)/t13-/m1/s1. The maximum Gasteiger partial charge on any atom is 0.321 e. The minimum Gasteiger partial charge on any atom is -0.481 e. The van der Waals surface area contributed by atoms with Crippen LogP contribution in [0.5, 0.6) is 0 Å². The molecular weight excluding hydrogens is 329 g/mol. The van der Waals surface area contributed by atoms with E-state index in [1.54, 1.807) is 18.0 Å². The third-order valence-corrected chi connectivity index (χ3v) is 5.36. The number of urea groups is 1. The Morgan fingerprint density at radius 1 is 1.32 bits per heavy atom. The highest BCUT2D eigenvalue weighted by Gasteiger charge is 2.55. The van der Waals surface area contributed by atoms with Crippen LogP contribution in [-0.4, -0.2) is 58.5 Å². The molecule has 2 heterocycles. The van der Waals surface area contributed by atoms with E-state index >= 15 is 0 Å². The van der Waals surface area contributed by atoms with Crippen LogP contribution in [0, 0.1) is 11.7 Å². The number of benzene rings is 1. The van der Waals surface area contributed by atoms with Gasteiger partial charge in [-0.15, -0.1) is 0 Å². The molecule has 0 saturated carbocycles. The highest BCUT2D eigenvalue weighted by molar-refractivity contribution is 5.90. The van der Waals surface area contributed by atoms with E-state index in [1.807, 2.05) is 0 Å². The lowest BCUT2D eigenvalue weighted by Crippen LogP contribution is -2.57. The number of carboxylic acids is 1. The second-order valence-electron chi connectivity index (χ2n) is 6.58. The van der Waals surface area contributed by atoms with E-state index < -0.39 is 23.2 Å². The number of hydrogen-bond donors (Lipinski definition) is 2. The van der Waals surface area contributed by atoms with E-state index in [9.17, 15) is 23.9 Å². The van der Waals surface area contributed by atoms with Crippen molar-refractivity contribution in [1.82, 2.24) is 9.80 Å². The molecule has 0 unspecified atom stereocenters. The van der Waals surface area contributed by atoms with E-state index in [2.05, 4.69) is 5.32 Å². The summed E-state index contributed by atoms with van der Waals surface area (Å²) >= 11 is 0. The molecule has 1 atom stereocenters. The third-order valence-electron chi connectivity index (χ3n) is 5.36. The Balaban J connectivity index is 1.67. The molecule has 134 valence electrons. The van der Waals surface area contributed by atoms with Gasteiger partial charge in [-0.05, 0) is 31.0 Å². The Labute approximate surface area is 144 Å². The van der Waals surface area contributed by atoms with Gasteiger partial charge in [0, 0.05) is 32.2 Å². The van der Waals surface area contributed by atoms with Gasteiger partial charge in [-0.2, -0.15) is 0 Å². The monoisotopic (exact) mass is 349 g/mol. The SMILES string of the molecule is CN1C(=O)C[C@H](C(=O)O)C12CCN(C(=O)Nc1cccc(F)c1)CC2. The molecule has 2 saturated heterocycles. The number of anilines is 1. The highest BCUT2D eigenvalue weighted by Crippen LogP contribution is 2.42. The molecule has 1 spiro atoms. The summed E-state index contributed by atoms with van der Waals surface area (Å²) in [5.41, 5.74) is -0.375. The van der Waals surface area contributed by atoms with Crippen LogP contribution in [0.3, 0.4) is 0 Å². The first-order valence-electron chi connectivity index (χ1n) is 8.14. The van der Waals surface area contributed by atoms with Gasteiger partial charge in [0.25, 0.3) is 0 Å². The fraction of sp³-hybridized carbons (Fsp3) is 0.471. The van der Waals surface area contributed by atoms with Crippen LogP contribution in [-0.2, 0) is 9.59 Å². The van der Waals surface area contributed by atoms with Gasteiger partial charge in [-0.25, -0.2) is 9.18 Å². The average molecular weight is 349 g/mol. The molecule has 0 bridgehead atoms. The number of piperidine rings is 1. The Bertz CT molecular complexity index is 716. The van der Waals surface area contributed by atoms with Crippen molar-refractivity contribution in [2.75, 3.05) is 25.5 Å². The van der Waals surface area contributed by atoms with Crippen molar-refractivity contribution in [3.63, 3.8) is 0 Å². The molecular formula is C17H20FN3O4. The van der Waals surface area contributed by atoms with Crippen LogP contribution >= 0.6 is 0 Å². The van der Waals surface area contributed by atoms with Crippen molar-refractivity contribution < 1.29 is 23.9 Å². The summed E-state index contributed by atoms with van der Waals surface area (Å²) in [6.45, 7) is 0.672. The molecule has 2 fully saturated rings. The topological polar surface area (TPSA) is 90.0 Å². The molecule has 0 radical (unpaired) electrons. The van der Waals surface area contributed by atoms with Gasteiger partial charge >= 0.3 is 12.0 Å². The van der Waals surface area contributed by atoms with Crippen molar-refractivity contribution in [3.8, 4) is 0 Å². The first kappa shape index (κ1) is 17.2. The van der Waals surface area contributed by atoms with Gasteiger partial charge in [-0.3, -0.25) is 9.59 Å². The molecule has 2 aliphatic heterocycles. The number of nitrogens with one attached hydrogen (secondary N) is 1. The molecule has 1 aromatic rings. The summed E-state index contributed by atoms with van der Waals surface area (Å²) in [5, 5.41) is 12.1. The van der Waals surface area contributed by atoms with Crippen LogP contribution < -0.4 is 5.32 Å². The number of carbonyl (C=O) groups excluding carboxylic acids is 2. The Kier molecular flexibility index (Phi) is 4.36. The van der Waals surface area contributed by atoms with E-state index in [0.29, 0.717) is 31.6 Å². The second kappa shape index (κ2) is 6.34. The molecule has 8 heteroatoms.